The Morgan fingerprint density at radius 1 is 1.00 bits per heavy atom. The Bertz CT molecular complexity index is 680. The summed E-state index contributed by atoms with van der Waals surface area (Å²) in [5.41, 5.74) is 0.705. The first kappa shape index (κ1) is 15.8. The highest BCUT2D eigenvalue weighted by atomic mass is 35.5. The van der Waals surface area contributed by atoms with Crippen LogP contribution in [0.25, 0.3) is 0 Å². The van der Waals surface area contributed by atoms with Crippen molar-refractivity contribution in [2.75, 3.05) is 31.5 Å². The molecular weight excluding hydrogens is 334 g/mol. The lowest BCUT2D eigenvalue weighted by Crippen LogP contribution is -2.51. The van der Waals surface area contributed by atoms with Gasteiger partial charge in [0.2, 0.25) is 0 Å². The second kappa shape index (κ2) is 7.02. The second-order valence-electron chi connectivity index (χ2n) is 5.19. The van der Waals surface area contributed by atoms with E-state index in [4.69, 9.17) is 11.6 Å². The smallest absolute Gasteiger partial charge is 0.321 e. The molecule has 0 unspecified atom stereocenters. The highest BCUT2D eigenvalue weighted by molar-refractivity contribution is 7.12. The van der Waals surface area contributed by atoms with E-state index in [1.165, 1.54) is 11.3 Å². The zero-order chi connectivity index (χ0) is 16.2. The van der Waals surface area contributed by atoms with E-state index in [1.54, 1.807) is 34.1 Å². The molecule has 1 N–H and O–H groups in total. The van der Waals surface area contributed by atoms with Gasteiger partial charge < -0.3 is 15.1 Å². The third-order valence-electron chi connectivity index (χ3n) is 3.68. The number of benzene rings is 1. The average Bonchev–Trinajstić information content (AvgIpc) is 3.11. The van der Waals surface area contributed by atoms with Crippen molar-refractivity contribution in [3.8, 4) is 0 Å². The molecule has 0 radical (unpaired) electrons. The molecule has 3 rings (SSSR count). The van der Waals surface area contributed by atoms with E-state index in [1.807, 2.05) is 17.5 Å². The van der Waals surface area contributed by atoms with Crippen molar-refractivity contribution >= 4 is 40.6 Å². The molecule has 2 heterocycles. The van der Waals surface area contributed by atoms with Crippen molar-refractivity contribution in [3.05, 3.63) is 51.7 Å². The number of piperazine rings is 1. The number of rotatable bonds is 2. The standard InChI is InChI=1S/C16H16ClN3O2S/c17-12-3-5-13(6-4-12)18-16(22)20-9-7-19(8-10-20)15(21)14-2-1-11-23-14/h1-6,11H,7-10H2,(H,18,22). The van der Waals surface area contributed by atoms with Gasteiger partial charge in [-0.2, -0.15) is 0 Å². The van der Waals surface area contributed by atoms with Crippen LogP contribution < -0.4 is 5.32 Å². The van der Waals surface area contributed by atoms with Crippen LogP contribution in [-0.2, 0) is 0 Å². The van der Waals surface area contributed by atoms with Crippen LogP contribution in [0.15, 0.2) is 41.8 Å². The first-order valence-electron chi connectivity index (χ1n) is 7.28. The highest BCUT2D eigenvalue weighted by Crippen LogP contribution is 2.16. The molecule has 1 aliphatic rings. The quantitative estimate of drug-likeness (QED) is 0.903. The van der Waals surface area contributed by atoms with Crippen LogP contribution in [0.5, 0.6) is 0 Å². The van der Waals surface area contributed by atoms with E-state index in [9.17, 15) is 9.59 Å². The van der Waals surface area contributed by atoms with Crippen molar-refractivity contribution in [2.45, 2.75) is 0 Å². The summed E-state index contributed by atoms with van der Waals surface area (Å²) in [6.07, 6.45) is 0. The molecule has 23 heavy (non-hydrogen) atoms. The van der Waals surface area contributed by atoms with Crippen molar-refractivity contribution in [3.63, 3.8) is 0 Å². The largest absolute Gasteiger partial charge is 0.334 e. The minimum absolute atomic E-state index is 0.0396. The third kappa shape index (κ3) is 3.83. The van der Waals surface area contributed by atoms with E-state index >= 15 is 0 Å². The van der Waals surface area contributed by atoms with E-state index in [0.29, 0.717) is 36.9 Å². The molecule has 1 aliphatic heterocycles. The van der Waals surface area contributed by atoms with Gasteiger partial charge in [0.15, 0.2) is 0 Å². The maximum atomic E-state index is 12.3. The molecule has 1 fully saturated rings. The Balaban J connectivity index is 1.53. The fourth-order valence-electron chi connectivity index (χ4n) is 2.40. The van der Waals surface area contributed by atoms with Gasteiger partial charge in [-0.15, -0.1) is 11.3 Å². The number of carbonyl (C=O) groups excluding carboxylic acids is 2. The van der Waals surface area contributed by atoms with Crippen molar-refractivity contribution in [1.82, 2.24) is 9.80 Å². The Morgan fingerprint density at radius 2 is 1.65 bits per heavy atom. The number of thiophene rings is 1. The molecule has 0 atom stereocenters. The van der Waals surface area contributed by atoms with E-state index in [-0.39, 0.29) is 11.9 Å². The van der Waals surface area contributed by atoms with Crippen LogP contribution in [0.1, 0.15) is 9.67 Å². The molecular formula is C16H16ClN3O2S. The Hall–Kier alpha value is -2.05. The van der Waals surface area contributed by atoms with Crippen LogP contribution in [0, 0.1) is 0 Å². The summed E-state index contributed by atoms with van der Waals surface area (Å²) in [5.74, 6) is 0.0396. The van der Waals surface area contributed by atoms with Gasteiger partial charge in [-0.25, -0.2) is 4.79 Å². The summed E-state index contributed by atoms with van der Waals surface area (Å²) in [6.45, 7) is 2.14. The molecule has 7 heteroatoms. The SMILES string of the molecule is O=C(Nc1ccc(Cl)cc1)N1CCN(C(=O)c2cccs2)CC1. The van der Waals surface area contributed by atoms with Gasteiger partial charge in [0.1, 0.15) is 0 Å². The number of halogens is 1. The summed E-state index contributed by atoms with van der Waals surface area (Å²) in [6, 6.07) is 10.5. The molecule has 0 bridgehead atoms. The number of hydrogen-bond donors (Lipinski definition) is 1. The number of anilines is 1. The second-order valence-corrected chi connectivity index (χ2v) is 6.58. The Kier molecular flexibility index (Phi) is 4.83. The predicted molar refractivity (Wildman–Crippen MR) is 92.3 cm³/mol. The number of hydrogen-bond acceptors (Lipinski definition) is 3. The van der Waals surface area contributed by atoms with Crippen LogP contribution >= 0.6 is 22.9 Å². The first-order chi connectivity index (χ1) is 11.1. The highest BCUT2D eigenvalue weighted by Gasteiger charge is 2.25. The summed E-state index contributed by atoms with van der Waals surface area (Å²) >= 11 is 7.26. The topological polar surface area (TPSA) is 52.7 Å². The van der Waals surface area contributed by atoms with Crippen LogP contribution in [0.4, 0.5) is 10.5 Å². The summed E-state index contributed by atoms with van der Waals surface area (Å²) < 4.78 is 0. The van der Waals surface area contributed by atoms with Crippen molar-refractivity contribution < 1.29 is 9.59 Å². The number of nitrogens with zero attached hydrogens (tertiary/aromatic N) is 2. The maximum absolute atomic E-state index is 12.3. The fourth-order valence-corrected chi connectivity index (χ4v) is 3.22. The molecule has 0 spiro atoms. The summed E-state index contributed by atoms with van der Waals surface area (Å²) in [5, 5.41) is 5.36. The maximum Gasteiger partial charge on any atom is 0.321 e. The molecule has 1 saturated heterocycles. The molecule has 120 valence electrons. The summed E-state index contributed by atoms with van der Waals surface area (Å²) in [7, 11) is 0. The molecule has 3 amide bonds. The van der Waals surface area contributed by atoms with Gasteiger partial charge in [0.25, 0.3) is 5.91 Å². The van der Waals surface area contributed by atoms with Gasteiger partial charge in [0, 0.05) is 36.9 Å². The lowest BCUT2D eigenvalue weighted by Gasteiger charge is -2.34. The number of carbonyl (C=O) groups is 2. The number of urea groups is 1. The molecule has 1 aromatic carbocycles. The van der Waals surface area contributed by atoms with Crippen LogP contribution in [0.2, 0.25) is 5.02 Å². The first-order valence-corrected chi connectivity index (χ1v) is 8.53. The lowest BCUT2D eigenvalue weighted by molar-refractivity contribution is 0.0676. The molecule has 5 nitrogen and oxygen atoms in total. The predicted octanol–water partition coefficient (Wildman–Crippen LogP) is 3.39. The third-order valence-corrected chi connectivity index (χ3v) is 4.79. The van der Waals surface area contributed by atoms with Gasteiger partial charge in [-0.3, -0.25) is 4.79 Å². The number of amides is 3. The molecule has 0 saturated carbocycles. The van der Waals surface area contributed by atoms with E-state index in [2.05, 4.69) is 5.32 Å². The molecule has 2 aromatic rings. The lowest BCUT2D eigenvalue weighted by atomic mass is 10.3. The van der Waals surface area contributed by atoms with Gasteiger partial charge in [-0.05, 0) is 35.7 Å². The van der Waals surface area contributed by atoms with Crippen LogP contribution in [-0.4, -0.2) is 47.9 Å². The van der Waals surface area contributed by atoms with Crippen LogP contribution in [0.3, 0.4) is 0 Å². The minimum Gasteiger partial charge on any atom is -0.334 e. The number of nitrogens with one attached hydrogen (secondary N) is 1. The normalized spacial score (nSPS) is 14.7. The van der Waals surface area contributed by atoms with Crippen molar-refractivity contribution in [1.29, 1.82) is 0 Å². The Labute approximate surface area is 143 Å². The van der Waals surface area contributed by atoms with Gasteiger partial charge in [0.05, 0.1) is 4.88 Å². The van der Waals surface area contributed by atoms with Gasteiger partial charge >= 0.3 is 6.03 Å². The zero-order valence-corrected chi connectivity index (χ0v) is 13.9. The average molecular weight is 350 g/mol. The van der Waals surface area contributed by atoms with E-state index in [0.717, 1.165) is 4.88 Å². The Morgan fingerprint density at radius 3 is 2.26 bits per heavy atom. The van der Waals surface area contributed by atoms with Crippen molar-refractivity contribution in [2.24, 2.45) is 0 Å². The monoisotopic (exact) mass is 349 g/mol. The van der Waals surface area contributed by atoms with E-state index < -0.39 is 0 Å². The zero-order valence-electron chi connectivity index (χ0n) is 12.4. The molecule has 0 aliphatic carbocycles. The fraction of sp³-hybridized carbons (Fsp3) is 0.250. The molecule has 1 aromatic heterocycles. The minimum atomic E-state index is -0.157. The summed E-state index contributed by atoms with van der Waals surface area (Å²) in [4.78, 5) is 28.7. The van der Waals surface area contributed by atoms with Gasteiger partial charge in [-0.1, -0.05) is 17.7 Å².